The Morgan fingerprint density at radius 3 is 2.71 bits per heavy atom. The lowest BCUT2D eigenvalue weighted by molar-refractivity contribution is -0.139. The average molecular weight is 296 g/mol. The minimum Gasteiger partial charge on any atom is -0.480 e. The molecule has 1 aromatic rings. The van der Waals surface area contributed by atoms with Crippen molar-refractivity contribution in [2.45, 2.75) is 38.5 Å². The van der Waals surface area contributed by atoms with Gasteiger partial charge in [-0.25, -0.2) is 14.6 Å². The fourth-order valence-corrected chi connectivity index (χ4v) is 2.40. The molecule has 1 saturated heterocycles. The van der Waals surface area contributed by atoms with Crippen molar-refractivity contribution in [3.8, 4) is 0 Å². The predicted molar refractivity (Wildman–Crippen MR) is 73.8 cm³/mol. The molecule has 2 rings (SSSR count). The maximum absolute atomic E-state index is 12.2. The predicted octanol–water partition coefficient (Wildman–Crippen LogP) is 0.224. The Balaban J connectivity index is 1.96. The number of carbonyl (C=O) groups excluding carboxylic acids is 1. The first-order chi connectivity index (χ1) is 9.95. The summed E-state index contributed by atoms with van der Waals surface area (Å²) >= 11 is 0. The smallest absolute Gasteiger partial charge is 0.326 e. The number of hydrogen-bond acceptors (Lipinski definition) is 4. The van der Waals surface area contributed by atoms with E-state index in [0.29, 0.717) is 18.8 Å². The Bertz CT molecular complexity index is 480. The zero-order valence-corrected chi connectivity index (χ0v) is 12.1. The summed E-state index contributed by atoms with van der Waals surface area (Å²) in [4.78, 5) is 31.7. The normalized spacial score (nSPS) is 23.6. The van der Waals surface area contributed by atoms with E-state index in [4.69, 9.17) is 4.74 Å². The Morgan fingerprint density at radius 1 is 1.52 bits per heavy atom. The molecule has 1 aliphatic heterocycles. The van der Waals surface area contributed by atoms with Gasteiger partial charge in [-0.15, -0.1) is 0 Å². The van der Waals surface area contributed by atoms with Crippen molar-refractivity contribution in [2.24, 2.45) is 0 Å². The zero-order valence-electron chi connectivity index (χ0n) is 12.1. The van der Waals surface area contributed by atoms with E-state index in [-0.39, 0.29) is 24.7 Å². The van der Waals surface area contributed by atoms with E-state index in [1.165, 1.54) is 6.33 Å². The van der Waals surface area contributed by atoms with Crippen LogP contribution >= 0.6 is 0 Å². The van der Waals surface area contributed by atoms with Gasteiger partial charge in [-0.05, 0) is 13.8 Å². The highest BCUT2D eigenvalue weighted by atomic mass is 16.5. The van der Waals surface area contributed by atoms with Crippen molar-refractivity contribution in [2.75, 3.05) is 13.1 Å². The van der Waals surface area contributed by atoms with Crippen LogP contribution in [-0.4, -0.2) is 63.3 Å². The molecule has 116 valence electrons. The van der Waals surface area contributed by atoms with Gasteiger partial charge in [0.15, 0.2) is 0 Å². The molecule has 2 amide bonds. The highest BCUT2D eigenvalue weighted by Crippen LogP contribution is 2.11. The molecule has 8 nitrogen and oxygen atoms in total. The molecule has 0 saturated carbocycles. The molecule has 0 spiro atoms. The van der Waals surface area contributed by atoms with Crippen LogP contribution in [0.25, 0.3) is 0 Å². The number of aromatic nitrogens is 2. The number of aromatic amines is 1. The average Bonchev–Trinajstić information content (AvgIpc) is 2.89. The molecule has 3 N–H and O–H groups in total. The van der Waals surface area contributed by atoms with Crippen LogP contribution < -0.4 is 5.32 Å². The molecular weight excluding hydrogens is 276 g/mol. The van der Waals surface area contributed by atoms with Gasteiger partial charge in [-0.1, -0.05) is 0 Å². The zero-order chi connectivity index (χ0) is 15.4. The van der Waals surface area contributed by atoms with E-state index in [2.05, 4.69) is 15.3 Å². The highest BCUT2D eigenvalue weighted by Gasteiger charge is 2.29. The summed E-state index contributed by atoms with van der Waals surface area (Å²) < 4.78 is 5.55. The van der Waals surface area contributed by atoms with E-state index in [1.807, 2.05) is 13.8 Å². The Morgan fingerprint density at radius 2 is 2.19 bits per heavy atom. The quantitative estimate of drug-likeness (QED) is 0.737. The van der Waals surface area contributed by atoms with Gasteiger partial charge in [0.25, 0.3) is 0 Å². The standard InChI is InChI=1S/C13H20N4O4/c1-8-5-17(6-9(2)21-8)13(20)16-11(12(18)19)3-10-4-14-7-15-10/h4,7-9,11H,3,5-6H2,1-2H3,(H,14,15)(H,16,20)(H,18,19). The number of urea groups is 1. The van der Waals surface area contributed by atoms with E-state index < -0.39 is 12.0 Å². The fraction of sp³-hybridized carbons (Fsp3) is 0.615. The second-order valence-electron chi connectivity index (χ2n) is 5.28. The van der Waals surface area contributed by atoms with Crippen molar-refractivity contribution in [1.29, 1.82) is 0 Å². The lowest BCUT2D eigenvalue weighted by atomic mass is 10.1. The maximum Gasteiger partial charge on any atom is 0.326 e. The first-order valence-electron chi connectivity index (χ1n) is 6.86. The molecule has 0 radical (unpaired) electrons. The van der Waals surface area contributed by atoms with Gasteiger partial charge in [-0.2, -0.15) is 0 Å². The summed E-state index contributed by atoms with van der Waals surface area (Å²) in [5.74, 6) is -1.08. The minimum absolute atomic E-state index is 0.0598. The minimum atomic E-state index is -1.08. The van der Waals surface area contributed by atoms with Crippen LogP contribution in [0, 0.1) is 0 Å². The fourth-order valence-electron chi connectivity index (χ4n) is 2.40. The number of carboxylic acid groups (broad SMARTS) is 1. The summed E-state index contributed by atoms with van der Waals surface area (Å²) in [5, 5.41) is 11.8. The number of aliphatic carboxylic acids is 1. The van der Waals surface area contributed by atoms with Crippen LogP contribution in [-0.2, 0) is 16.0 Å². The van der Waals surface area contributed by atoms with Crippen LogP contribution in [0.15, 0.2) is 12.5 Å². The van der Waals surface area contributed by atoms with Gasteiger partial charge in [0.05, 0.1) is 18.5 Å². The number of nitrogens with zero attached hydrogens (tertiary/aromatic N) is 2. The summed E-state index contributed by atoms with van der Waals surface area (Å²) in [6, 6.07) is -1.38. The lowest BCUT2D eigenvalue weighted by Crippen LogP contribution is -2.55. The number of amides is 2. The van der Waals surface area contributed by atoms with Crippen molar-refractivity contribution >= 4 is 12.0 Å². The first kappa shape index (κ1) is 15.3. The van der Waals surface area contributed by atoms with Gasteiger partial charge >= 0.3 is 12.0 Å². The van der Waals surface area contributed by atoms with Crippen LogP contribution in [0.4, 0.5) is 4.79 Å². The van der Waals surface area contributed by atoms with Crippen LogP contribution in [0.2, 0.25) is 0 Å². The molecule has 0 aromatic carbocycles. The number of imidazole rings is 1. The third-order valence-electron chi connectivity index (χ3n) is 3.28. The van der Waals surface area contributed by atoms with Crippen LogP contribution in [0.3, 0.4) is 0 Å². The number of carbonyl (C=O) groups is 2. The maximum atomic E-state index is 12.2. The molecule has 21 heavy (non-hydrogen) atoms. The number of H-pyrrole nitrogens is 1. The summed E-state index contributed by atoms with van der Waals surface area (Å²) in [5.41, 5.74) is 0.659. The van der Waals surface area contributed by atoms with Gasteiger partial charge in [0.2, 0.25) is 0 Å². The van der Waals surface area contributed by atoms with Crippen LogP contribution in [0.1, 0.15) is 19.5 Å². The molecule has 2 heterocycles. The molecule has 3 atom stereocenters. The second kappa shape index (κ2) is 6.57. The largest absolute Gasteiger partial charge is 0.480 e. The lowest BCUT2D eigenvalue weighted by Gasteiger charge is -2.35. The van der Waals surface area contributed by atoms with Crippen molar-refractivity contribution in [1.82, 2.24) is 20.2 Å². The monoisotopic (exact) mass is 296 g/mol. The van der Waals surface area contributed by atoms with Crippen molar-refractivity contribution in [3.05, 3.63) is 18.2 Å². The summed E-state index contributed by atoms with van der Waals surface area (Å²) in [6.07, 6.45) is 3.06. The van der Waals surface area contributed by atoms with Gasteiger partial charge in [-0.3, -0.25) is 0 Å². The van der Waals surface area contributed by atoms with E-state index in [9.17, 15) is 14.7 Å². The first-order valence-corrected chi connectivity index (χ1v) is 6.86. The van der Waals surface area contributed by atoms with E-state index >= 15 is 0 Å². The third-order valence-corrected chi connectivity index (χ3v) is 3.28. The molecule has 1 aromatic heterocycles. The number of morpholine rings is 1. The second-order valence-corrected chi connectivity index (χ2v) is 5.28. The van der Waals surface area contributed by atoms with E-state index in [1.54, 1.807) is 11.1 Å². The number of hydrogen-bond donors (Lipinski definition) is 3. The van der Waals surface area contributed by atoms with Gasteiger partial charge < -0.3 is 25.0 Å². The van der Waals surface area contributed by atoms with E-state index in [0.717, 1.165) is 0 Å². The SMILES string of the molecule is CC1CN(C(=O)NC(Cc2cnc[nH]2)C(=O)O)CC(C)O1. The van der Waals surface area contributed by atoms with Crippen molar-refractivity contribution < 1.29 is 19.4 Å². The molecule has 1 aliphatic rings. The highest BCUT2D eigenvalue weighted by molar-refractivity contribution is 5.82. The Hall–Kier alpha value is -2.09. The summed E-state index contributed by atoms with van der Waals surface area (Å²) in [6.45, 7) is 4.67. The molecule has 3 unspecified atom stereocenters. The Labute approximate surface area is 122 Å². The molecular formula is C13H20N4O4. The van der Waals surface area contributed by atoms with Gasteiger partial charge in [0, 0.05) is 31.4 Å². The molecule has 1 fully saturated rings. The number of carboxylic acids is 1. The van der Waals surface area contributed by atoms with Crippen molar-refractivity contribution in [3.63, 3.8) is 0 Å². The van der Waals surface area contributed by atoms with Gasteiger partial charge in [0.1, 0.15) is 6.04 Å². The number of rotatable bonds is 4. The number of nitrogens with one attached hydrogen (secondary N) is 2. The molecule has 0 aliphatic carbocycles. The third kappa shape index (κ3) is 4.19. The number of ether oxygens (including phenoxy) is 1. The van der Waals surface area contributed by atoms with Crippen LogP contribution in [0.5, 0.6) is 0 Å². The Kier molecular flexibility index (Phi) is 4.79. The molecule has 0 bridgehead atoms. The topological polar surface area (TPSA) is 108 Å². The molecule has 8 heteroatoms. The summed E-state index contributed by atoms with van der Waals surface area (Å²) in [7, 11) is 0.